The number of hydrogen-bond acceptors (Lipinski definition) is 6. The number of rotatable bonds is 8. The van der Waals surface area contributed by atoms with E-state index in [9.17, 15) is 4.79 Å². The molecule has 9 heteroatoms. The zero-order valence-electron chi connectivity index (χ0n) is 14.6. The minimum Gasteiger partial charge on any atom is -1.00 e. The fourth-order valence-electron chi connectivity index (χ4n) is 2.56. The molecule has 0 aromatic heterocycles. The highest BCUT2D eigenvalue weighted by molar-refractivity contribution is 6.32. The van der Waals surface area contributed by atoms with Crippen molar-refractivity contribution in [3.8, 4) is 23.0 Å². The van der Waals surface area contributed by atoms with Crippen LogP contribution < -0.4 is 42.4 Å². The molecule has 0 aliphatic carbocycles. The summed E-state index contributed by atoms with van der Waals surface area (Å²) in [5, 5.41) is 3.68. The van der Waals surface area contributed by atoms with E-state index in [1.54, 1.807) is 12.1 Å². The molecule has 3 N–H and O–H groups in total. The van der Waals surface area contributed by atoms with E-state index in [1.807, 2.05) is 18.2 Å². The molecular weight excluding hydrogens is 395 g/mol. The van der Waals surface area contributed by atoms with Crippen LogP contribution in [0.3, 0.4) is 0 Å². The van der Waals surface area contributed by atoms with Crippen molar-refractivity contribution in [2.45, 2.75) is 13.1 Å². The number of ether oxygens (including phenoxy) is 4. The largest absolute Gasteiger partial charge is 1.00 e. The van der Waals surface area contributed by atoms with Gasteiger partial charge in [-0.2, -0.15) is 0 Å². The summed E-state index contributed by atoms with van der Waals surface area (Å²) in [7, 11) is 1.51. The Kier molecular flexibility index (Phi) is 7.41. The van der Waals surface area contributed by atoms with Gasteiger partial charge in [-0.05, 0) is 35.4 Å². The smallest absolute Gasteiger partial charge is 0.255 e. The van der Waals surface area contributed by atoms with Crippen molar-refractivity contribution in [2.75, 3.05) is 20.5 Å². The van der Waals surface area contributed by atoms with Gasteiger partial charge in [-0.1, -0.05) is 17.7 Å². The number of carbonyl (C=O) groups excluding carboxylic acids is 1. The minimum absolute atomic E-state index is 0. The fourth-order valence-corrected chi connectivity index (χ4v) is 2.85. The van der Waals surface area contributed by atoms with E-state index in [-0.39, 0.29) is 25.8 Å². The summed E-state index contributed by atoms with van der Waals surface area (Å²) in [6.07, 6.45) is 0. The monoisotopic (exact) mass is 413 g/mol. The quantitative estimate of drug-likeness (QED) is 0.590. The SMILES string of the molecule is COc1cc(CNCc2ccc3c(c2)OCO3)cc(Cl)c1OCC(N)=O.[Cl-]. The van der Waals surface area contributed by atoms with Crippen LogP contribution in [0.5, 0.6) is 23.0 Å². The second-order valence-corrected chi connectivity index (χ2v) is 6.06. The second-order valence-electron chi connectivity index (χ2n) is 5.66. The van der Waals surface area contributed by atoms with Crippen molar-refractivity contribution < 1.29 is 36.1 Å². The lowest BCUT2D eigenvalue weighted by Gasteiger charge is -2.14. The van der Waals surface area contributed by atoms with Crippen LogP contribution in [0, 0.1) is 0 Å². The molecule has 0 atom stereocenters. The number of fused-ring (bicyclic) bond motifs is 1. The van der Waals surface area contributed by atoms with E-state index in [1.165, 1.54) is 7.11 Å². The Labute approximate surface area is 168 Å². The van der Waals surface area contributed by atoms with E-state index < -0.39 is 5.91 Å². The third-order valence-electron chi connectivity index (χ3n) is 3.74. The lowest BCUT2D eigenvalue weighted by molar-refractivity contribution is -0.119. The lowest BCUT2D eigenvalue weighted by Crippen LogP contribution is -3.00. The molecule has 1 aliphatic heterocycles. The molecule has 27 heavy (non-hydrogen) atoms. The first-order valence-electron chi connectivity index (χ1n) is 7.93. The van der Waals surface area contributed by atoms with Crippen molar-refractivity contribution in [1.82, 2.24) is 5.32 Å². The Bertz CT molecular complexity index is 817. The molecule has 3 rings (SSSR count). The van der Waals surface area contributed by atoms with Crippen molar-refractivity contribution >= 4 is 17.5 Å². The zero-order valence-corrected chi connectivity index (χ0v) is 16.1. The Balaban J connectivity index is 0.00000261. The molecule has 146 valence electrons. The average Bonchev–Trinajstić information content (AvgIpc) is 3.08. The third kappa shape index (κ3) is 5.32. The Morgan fingerprint density at radius 2 is 1.93 bits per heavy atom. The molecule has 0 unspecified atom stereocenters. The Hall–Kier alpha value is -2.35. The van der Waals surface area contributed by atoms with Gasteiger partial charge in [-0.25, -0.2) is 0 Å². The number of carbonyl (C=O) groups is 1. The number of primary amides is 1. The van der Waals surface area contributed by atoms with Crippen molar-refractivity contribution in [3.05, 3.63) is 46.5 Å². The average molecular weight is 414 g/mol. The molecule has 0 saturated heterocycles. The highest BCUT2D eigenvalue weighted by atomic mass is 35.5. The van der Waals surface area contributed by atoms with Gasteiger partial charge in [-0.15, -0.1) is 0 Å². The number of hydrogen-bond donors (Lipinski definition) is 2. The zero-order chi connectivity index (χ0) is 18.5. The van der Waals surface area contributed by atoms with Crippen LogP contribution in [0.1, 0.15) is 11.1 Å². The molecule has 0 saturated carbocycles. The predicted octanol–water partition coefficient (Wildman–Crippen LogP) is -0.765. The highest BCUT2D eigenvalue weighted by Gasteiger charge is 2.14. The molecule has 0 bridgehead atoms. The molecule has 0 spiro atoms. The molecule has 7 nitrogen and oxygen atoms in total. The maximum absolute atomic E-state index is 10.9. The van der Waals surface area contributed by atoms with E-state index in [0.29, 0.717) is 29.6 Å². The summed E-state index contributed by atoms with van der Waals surface area (Å²) in [4.78, 5) is 10.9. The van der Waals surface area contributed by atoms with Crippen molar-refractivity contribution in [3.63, 3.8) is 0 Å². The van der Waals surface area contributed by atoms with E-state index in [2.05, 4.69) is 5.32 Å². The second kappa shape index (κ2) is 9.55. The maximum atomic E-state index is 10.9. The van der Waals surface area contributed by atoms with Crippen molar-refractivity contribution in [2.24, 2.45) is 5.73 Å². The maximum Gasteiger partial charge on any atom is 0.255 e. The van der Waals surface area contributed by atoms with Crippen molar-refractivity contribution in [1.29, 1.82) is 0 Å². The van der Waals surface area contributed by atoms with Gasteiger partial charge in [0.1, 0.15) is 0 Å². The summed E-state index contributed by atoms with van der Waals surface area (Å²) in [6, 6.07) is 9.38. The van der Waals surface area contributed by atoms with Gasteiger partial charge in [0.2, 0.25) is 6.79 Å². The van der Waals surface area contributed by atoms with Crippen LogP contribution in [0.4, 0.5) is 0 Å². The lowest BCUT2D eigenvalue weighted by atomic mass is 10.1. The standard InChI is InChI=1S/C18H19ClN2O5.ClH/c1-23-16-6-12(4-13(19)18(16)24-9-17(20)22)8-21-7-11-2-3-14-15(5-11)26-10-25-14;/h2-6,21H,7-10H2,1H3,(H2,20,22);1H/p-1. The number of benzene rings is 2. The Morgan fingerprint density at radius 1 is 1.19 bits per heavy atom. The van der Waals surface area contributed by atoms with E-state index in [0.717, 1.165) is 22.6 Å². The molecule has 0 radical (unpaired) electrons. The number of amides is 1. The van der Waals surface area contributed by atoms with Gasteiger partial charge in [0.15, 0.2) is 29.6 Å². The third-order valence-corrected chi connectivity index (χ3v) is 4.02. The van der Waals surface area contributed by atoms with Gasteiger partial charge in [0.05, 0.1) is 12.1 Å². The van der Waals surface area contributed by atoms with E-state index in [4.69, 9.17) is 36.3 Å². The molecule has 2 aromatic rings. The van der Waals surface area contributed by atoms with Crippen LogP contribution in [0.25, 0.3) is 0 Å². The fraction of sp³-hybridized carbons (Fsp3) is 0.278. The molecule has 1 aliphatic rings. The summed E-state index contributed by atoms with van der Waals surface area (Å²) in [5.74, 6) is 1.67. The van der Waals surface area contributed by atoms with Gasteiger partial charge in [-0.3, -0.25) is 4.79 Å². The summed E-state index contributed by atoms with van der Waals surface area (Å²) in [5.41, 5.74) is 7.09. The van der Waals surface area contributed by atoms with Crippen LogP contribution in [0.2, 0.25) is 5.02 Å². The number of halogens is 2. The topological polar surface area (TPSA) is 92.0 Å². The Morgan fingerprint density at radius 3 is 2.67 bits per heavy atom. The summed E-state index contributed by atoms with van der Waals surface area (Å²) in [6.45, 7) is 1.21. The van der Waals surface area contributed by atoms with Gasteiger partial charge in [0.25, 0.3) is 5.91 Å². The van der Waals surface area contributed by atoms with Crippen LogP contribution >= 0.6 is 11.6 Å². The molecule has 1 amide bonds. The number of methoxy groups -OCH3 is 1. The van der Waals surface area contributed by atoms with Gasteiger partial charge in [0, 0.05) is 13.1 Å². The van der Waals surface area contributed by atoms with Crippen LogP contribution in [-0.2, 0) is 17.9 Å². The van der Waals surface area contributed by atoms with E-state index >= 15 is 0 Å². The molecule has 0 fully saturated rings. The summed E-state index contributed by atoms with van der Waals surface area (Å²) >= 11 is 6.24. The van der Waals surface area contributed by atoms with Gasteiger partial charge >= 0.3 is 0 Å². The minimum atomic E-state index is -0.586. The molecule has 2 aromatic carbocycles. The normalized spacial score (nSPS) is 11.6. The molecule has 1 heterocycles. The predicted molar refractivity (Wildman–Crippen MR) is 95.8 cm³/mol. The summed E-state index contributed by atoms with van der Waals surface area (Å²) < 4.78 is 21.3. The highest BCUT2D eigenvalue weighted by Crippen LogP contribution is 2.36. The first-order chi connectivity index (χ1) is 12.6. The first kappa shape index (κ1) is 21.0. The van der Waals surface area contributed by atoms with Crippen LogP contribution in [-0.4, -0.2) is 26.4 Å². The number of nitrogens with one attached hydrogen (secondary N) is 1. The van der Waals surface area contributed by atoms with Gasteiger partial charge < -0.3 is 42.4 Å². The van der Waals surface area contributed by atoms with Crippen LogP contribution in [0.15, 0.2) is 30.3 Å². The molecular formula is C18H19Cl2N2O5-. The number of nitrogens with two attached hydrogens (primary N) is 1. The first-order valence-corrected chi connectivity index (χ1v) is 8.31.